The van der Waals surface area contributed by atoms with E-state index in [1.807, 2.05) is 0 Å². The predicted octanol–water partition coefficient (Wildman–Crippen LogP) is -8.42. The molecule has 66 valence electrons. The zero-order chi connectivity index (χ0) is 8.08. The van der Waals surface area contributed by atoms with Gasteiger partial charge in [0.05, 0.1) is 0 Å². The second kappa shape index (κ2) is 13.0. The Morgan fingerprint density at radius 1 is 1.09 bits per heavy atom. The Hall–Kier alpha value is 3.00. The van der Waals surface area contributed by atoms with Crippen molar-refractivity contribution in [1.29, 1.82) is 0 Å². The van der Waals surface area contributed by atoms with Crippen LogP contribution in [0.2, 0.25) is 0 Å². The molecule has 3 N–H and O–H groups in total. The van der Waals surface area contributed by atoms with Crippen molar-refractivity contribution >= 4 is 85.9 Å². The first-order chi connectivity index (χ1) is 3.73. The minimum absolute atomic E-state index is 0. The molecule has 0 radical (unpaired) electrons. The van der Waals surface area contributed by atoms with Crippen LogP contribution in [0.25, 0.3) is 0 Å². The van der Waals surface area contributed by atoms with Crippen molar-refractivity contribution in [3.8, 4) is 0 Å². The third-order valence-corrected chi connectivity index (χ3v) is 0. The minimum atomic E-state index is -4.67. The van der Waals surface area contributed by atoms with Gasteiger partial charge in [-0.3, -0.25) is 9.11 Å². The summed E-state index contributed by atoms with van der Waals surface area (Å²) in [4.78, 5) is 0. The molecule has 0 aromatic carbocycles. The zero-order valence-corrected chi connectivity index (χ0v) is 6.73. The SMILES string of the molecule is O=S(=O)(O)O.[CaH2].[CaH2].[O-][I+2]([O-])O. The van der Waals surface area contributed by atoms with Gasteiger partial charge in [0.2, 0.25) is 0 Å². The second-order valence-corrected chi connectivity index (χ2v) is 2.69. The molecule has 0 amide bonds. The molecule has 0 unspecified atom stereocenters. The first-order valence-electron chi connectivity index (χ1n) is 1.18. The molecule has 0 heterocycles. The molecule has 0 rings (SSSR count). The van der Waals surface area contributed by atoms with E-state index in [1.54, 1.807) is 0 Å². The fraction of sp³-hybridized carbons (Fsp3) is 0. The molecule has 0 saturated heterocycles. The van der Waals surface area contributed by atoms with E-state index in [9.17, 15) is 0 Å². The van der Waals surface area contributed by atoms with Crippen molar-refractivity contribution in [2.75, 3.05) is 0 Å². The van der Waals surface area contributed by atoms with Crippen molar-refractivity contribution in [2.24, 2.45) is 0 Å². The van der Waals surface area contributed by atoms with Crippen molar-refractivity contribution in [3.05, 3.63) is 0 Å². The fourth-order valence-corrected chi connectivity index (χ4v) is 0. The normalized spacial score (nSPS) is 8.55. The first-order valence-corrected chi connectivity index (χ1v) is 5.30. The molecule has 0 atom stereocenters. The van der Waals surface area contributed by atoms with Gasteiger partial charge in [0.1, 0.15) is 0 Å². The Kier molecular flexibility index (Phi) is 28.0. The van der Waals surface area contributed by atoms with Gasteiger partial charge in [-0.05, 0) is 3.44 Å². The molecule has 0 fully saturated rings. The molecule has 0 spiro atoms. The average Bonchev–Trinajstić information content (AvgIpc) is 1.19. The van der Waals surface area contributed by atoms with Gasteiger partial charge in [0.15, 0.2) is 0 Å². The molecule has 7 nitrogen and oxygen atoms in total. The van der Waals surface area contributed by atoms with Crippen LogP contribution < -0.4 is 27.9 Å². The summed E-state index contributed by atoms with van der Waals surface area (Å²) in [6.45, 7) is 0. The number of hydrogen-bond acceptors (Lipinski definition) is 5. The monoisotopic (exact) mass is 358 g/mol. The summed E-state index contributed by atoms with van der Waals surface area (Å²) in [5.74, 6) is 0. The van der Waals surface area contributed by atoms with E-state index < -0.39 is 31.5 Å². The van der Waals surface area contributed by atoms with Crippen LogP contribution >= 0.6 is 0 Å². The second-order valence-electron chi connectivity index (χ2n) is 0.649. The van der Waals surface area contributed by atoms with Crippen molar-refractivity contribution in [3.63, 3.8) is 0 Å². The Bertz CT molecular complexity index is 128. The third-order valence-electron chi connectivity index (χ3n) is 0. The van der Waals surface area contributed by atoms with E-state index in [2.05, 4.69) is 0 Å². The maximum absolute atomic E-state index is 8.74. The van der Waals surface area contributed by atoms with Gasteiger partial charge in [0, 0.05) is 0 Å². The van der Waals surface area contributed by atoms with E-state index >= 15 is 0 Å². The molecule has 0 saturated carbocycles. The predicted molar refractivity (Wildman–Crippen MR) is 33.5 cm³/mol. The van der Waals surface area contributed by atoms with Gasteiger partial charge in [-0.1, -0.05) is 0 Å². The van der Waals surface area contributed by atoms with E-state index in [0.717, 1.165) is 0 Å². The maximum Gasteiger partial charge on any atom is 0.503 e. The summed E-state index contributed by atoms with van der Waals surface area (Å²) < 4.78 is 56.1. The fourth-order valence-electron chi connectivity index (χ4n) is 0. The van der Waals surface area contributed by atoms with Gasteiger partial charge in [0.25, 0.3) is 0 Å². The van der Waals surface area contributed by atoms with Crippen LogP contribution in [0.1, 0.15) is 0 Å². The topological polar surface area (TPSA) is 141 Å². The van der Waals surface area contributed by atoms with E-state index in [1.165, 1.54) is 0 Å². The van der Waals surface area contributed by atoms with Crippen LogP contribution in [0.5, 0.6) is 0 Å². The Morgan fingerprint density at radius 3 is 1.09 bits per heavy atom. The molecule has 0 aromatic rings. The van der Waals surface area contributed by atoms with E-state index in [4.69, 9.17) is 27.8 Å². The van der Waals surface area contributed by atoms with Crippen LogP contribution in [-0.2, 0) is 10.4 Å². The summed E-state index contributed by atoms with van der Waals surface area (Å²) in [7, 11) is -4.67. The van der Waals surface area contributed by atoms with Crippen molar-refractivity contribution in [1.82, 2.24) is 0 Å². The smallest absolute Gasteiger partial charge is 0.396 e. The van der Waals surface area contributed by atoms with Gasteiger partial charge in [-0.15, -0.1) is 0 Å². The number of halogens is 1. The quantitative estimate of drug-likeness (QED) is 0.222. The zero-order valence-electron chi connectivity index (χ0n) is 3.76. The molecule has 0 aliphatic heterocycles. The van der Waals surface area contributed by atoms with Crippen LogP contribution in [0.15, 0.2) is 0 Å². The maximum atomic E-state index is 8.74. The molecule has 11 heavy (non-hydrogen) atoms. The van der Waals surface area contributed by atoms with Crippen LogP contribution in [0.3, 0.4) is 0 Å². The number of rotatable bonds is 0. The summed E-state index contributed by atoms with van der Waals surface area (Å²) in [6, 6.07) is 0. The molecule has 0 aliphatic carbocycles. The molecular weight excluding hydrogens is 351 g/mol. The van der Waals surface area contributed by atoms with Gasteiger partial charge in [-0.2, -0.15) is 8.42 Å². The Morgan fingerprint density at radius 2 is 1.09 bits per heavy atom. The standard InChI is InChI=1S/2Ca.HIO3.H2O4S.4H/c;;2-1(3)4;1-5(2,3)4;;;;/h;;2H;(H2,1,2,3,4);;;;. The van der Waals surface area contributed by atoms with E-state index in [-0.39, 0.29) is 75.5 Å². The van der Waals surface area contributed by atoms with Crippen LogP contribution in [-0.4, -0.2) is 96.4 Å². The van der Waals surface area contributed by atoms with Crippen LogP contribution in [0, 0.1) is 0 Å². The largest absolute Gasteiger partial charge is 0.503 e. The summed E-state index contributed by atoms with van der Waals surface area (Å²) in [5, 5.41) is 0. The Labute approximate surface area is 132 Å². The minimum Gasteiger partial charge on any atom is -0.396 e. The molecule has 0 aromatic heterocycles. The van der Waals surface area contributed by atoms with Gasteiger partial charge in [-0.25, -0.2) is 0 Å². The molecule has 11 heteroatoms. The van der Waals surface area contributed by atoms with Crippen molar-refractivity contribution < 1.29 is 48.9 Å². The van der Waals surface area contributed by atoms with Crippen molar-refractivity contribution in [2.45, 2.75) is 0 Å². The molecule has 0 aliphatic rings. The van der Waals surface area contributed by atoms with Crippen LogP contribution in [0.4, 0.5) is 0 Å². The Balaban J connectivity index is -0.0000000383. The molecular formula is H7Ca2IO7S. The summed E-state index contributed by atoms with van der Waals surface area (Å²) in [6.07, 6.45) is 0. The average molecular weight is 358 g/mol. The van der Waals surface area contributed by atoms with Gasteiger partial charge < -0.3 is 6.87 Å². The van der Waals surface area contributed by atoms with Gasteiger partial charge >= 0.3 is 107 Å². The molecule has 0 bridgehead atoms. The first kappa shape index (κ1) is 23.7. The summed E-state index contributed by atoms with van der Waals surface area (Å²) in [5.41, 5.74) is 0. The third kappa shape index (κ3) is 175. The summed E-state index contributed by atoms with van der Waals surface area (Å²) >= 11 is -3.76. The van der Waals surface area contributed by atoms with E-state index in [0.29, 0.717) is 0 Å². The number of hydrogen-bond donors (Lipinski definition) is 3.